The van der Waals surface area contributed by atoms with Gasteiger partial charge in [-0.15, -0.1) is 0 Å². The topological polar surface area (TPSA) is 80.6 Å². The van der Waals surface area contributed by atoms with Gasteiger partial charge in [-0.25, -0.2) is 4.79 Å². The number of ether oxygens (including phenoxy) is 1. The van der Waals surface area contributed by atoms with E-state index in [1.807, 2.05) is 57.2 Å². The van der Waals surface area contributed by atoms with Crippen molar-refractivity contribution < 1.29 is 19.1 Å². The molecule has 2 atom stereocenters. The van der Waals surface area contributed by atoms with Crippen LogP contribution in [0.4, 0.5) is 4.79 Å². The summed E-state index contributed by atoms with van der Waals surface area (Å²) >= 11 is 0. The lowest BCUT2D eigenvalue weighted by atomic mass is 9.87. The first-order valence-corrected chi connectivity index (χ1v) is 10.9. The van der Waals surface area contributed by atoms with E-state index in [2.05, 4.69) is 9.88 Å². The molecule has 2 aliphatic rings. The Morgan fingerprint density at radius 3 is 2.61 bits per heavy atom. The number of ketones is 1. The molecule has 0 aliphatic carbocycles. The number of carbonyl (C=O) groups excluding carboxylic acids is 3. The Morgan fingerprint density at radius 2 is 1.97 bits per heavy atom. The molecule has 0 radical (unpaired) electrons. The summed E-state index contributed by atoms with van der Waals surface area (Å²) in [7, 11) is 0. The van der Waals surface area contributed by atoms with Crippen LogP contribution >= 0.6 is 0 Å². The molecule has 0 bridgehead atoms. The first-order valence-electron chi connectivity index (χ1n) is 10.9. The van der Waals surface area contributed by atoms with Crippen LogP contribution in [0, 0.1) is 13.8 Å². The van der Waals surface area contributed by atoms with Gasteiger partial charge >= 0.3 is 6.03 Å². The fourth-order valence-corrected chi connectivity index (χ4v) is 4.72. The molecule has 2 saturated heterocycles. The number of nitrogens with zero attached hydrogens (tertiary/aromatic N) is 2. The second kappa shape index (κ2) is 8.30. The molecule has 31 heavy (non-hydrogen) atoms. The molecule has 2 aliphatic heterocycles. The molecule has 3 heterocycles. The number of urea groups is 1. The van der Waals surface area contributed by atoms with Gasteiger partial charge in [0.2, 0.25) is 0 Å². The molecule has 1 aromatic heterocycles. The number of Topliss-reactive ketones (excluding diaryl/α,β-unsaturated/α-hetero) is 1. The van der Waals surface area contributed by atoms with Gasteiger partial charge in [0.1, 0.15) is 5.54 Å². The predicted molar refractivity (Wildman–Crippen MR) is 116 cm³/mol. The highest BCUT2D eigenvalue weighted by molar-refractivity contribution is 6.11. The molecule has 7 nitrogen and oxygen atoms in total. The van der Waals surface area contributed by atoms with Gasteiger partial charge in [0.25, 0.3) is 5.91 Å². The van der Waals surface area contributed by atoms with Gasteiger partial charge in [0.05, 0.1) is 12.6 Å². The first kappa shape index (κ1) is 21.3. The minimum absolute atomic E-state index is 0.162. The van der Waals surface area contributed by atoms with Crippen molar-refractivity contribution in [1.29, 1.82) is 0 Å². The van der Waals surface area contributed by atoms with E-state index in [0.29, 0.717) is 18.5 Å². The number of rotatable bonds is 7. The number of benzene rings is 1. The molecule has 164 valence electrons. The van der Waals surface area contributed by atoms with Crippen LogP contribution in [0.5, 0.6) is 0 Å². The van der Waals surface area contributed by atoms with E-state index in [0.717, 1.165) is 41.3 Å². The number of aryl methyl sites for hydroxylation is 1. The van der Waals surface area contributed by atoms with Crippen LogP contribution in [0.25, 0.3) is 0 Å². The molecule has 0 unspecified atom stereocenters. The molecule has 7 heteroatoms. The average Bonchev–Trinajstić information content (AvgIpc) is 3.45. The van der Waals surface area contributed by atoms with Crippen molar-refractivity contribution in [3.63, 3.8) is 0 Å². The van der Waals surface area contributed by atoms with Gasteiger partial charge in [0.15, 0.2) is 5.78 Å². The summed E-state index contributed by atoms with van der Waals surface area (Å²) in [6, 6.07) is 10.5. The van der Waals surface area contributed by atoms with E-state index in [4.69, 9.17) is 4.74 Å². The van der Waals surface area contributed by atoms with E-state index in [9.17, 15) is 14.4 Å². The summed E-state index contributed by atoms with van der Waals surface area (Å²) in [5, 5.41) is 2.83. The minimum Gasteiger partial charge on any atom is -0.376 e. The van der Waals surface area contributed by atoms with E-state index < -0.39 is 11.6 Å². The van der Waals surface area contributed by atoms with Crippen molar-refractivity contribution in [3.05, 3.63) is 58.9 Å². The molecule has 0 spiro atoms. The lowest BCUT2D eigenvalue weighted by Crippen LogP contribution is -2.43. The number of hydrogen-bond acceptors (Lipinski definition) is 4. The van der Waals surface area contributed by atoms with Crippen LogP contribution in [0.3, 0.4) is 0 Å². The maximum atomic E-state index is 13.3. The molecule has 2 fully saturated rings. The standard InChI is InChI=1S/C24H29N3O4/c1-4-24(18-9-6-5-7-10-18)22(29)27(23(30)25-24)15-21(28)20-13-16(2)26(17(20)3)14-19-11-8-12-31-19/h5-7,9-10,13,19H,4,8,11-12,14-15H2,1-3H3,(H,25,30)/t19-,24-/m0/s1. The quantitative estimate of drug-likeness (QED) is 0.547. The van der Waals surface area contributed by atoms with Gasteiger partial charge in [-0.3, -0.25) is 14.5 Å². The van der Waals surface area contributed by atoms with Crippen LogP contribution in [0.1, 0.15) is 53.5 Å². The molecule has 4 rings (SSSR count). The number of hydrogen-bond donors (Lipinski definition) is 1. The molecule has 1 N–H and O–H groups in total. The zero-order valence-electron chi connectivity index (χ0n) is 18.3. The van der Waals surface area contributed by atoms with Gasteiger partial charge in [0, 0.05) is 30.1 Å². The number of nitrogens with one attached hydrogen (secondary N) is 1. The Bertz CT molecular complexity index is 1010. The van der Waals surface area contributed by atoms with Crippen molar-refractivity contribution >= 4 is 17.7 Å². The van der Waals surface area contributed by atoms with E-state index >= 15 is 0 Å². The highest BCUT2D eigenvalue weighted by Crippen LogP contribution is 2.32. The number of amides is 3. The largest absolute Gasteiger partial charge is 0.376 e. The van der Waals surface area contributed by atoms with Gasteiger partial charge < -0.3 is 14.6 Å². The molecule has 0 saturated carbocycles. The fraction of sp³-hybridized carbons (Fsp3) is 0.458. The van der Waals surface area contributed by atoms with Gasteiger partial charge in [-0.1, -0.05) is 37.3 Å². The number of aromatic nitrogens is 1. The monoisotopic (exact) mass is 423 g/mol. The highest BCUT2D eigenvalue weighted by atomic mass is 16.5. The summed E-state index contributed by atoms with van der Waals surface area (Å²) < 4.78 is 7.83. The second-order valence-electron chi connectivity index (χ2n) is 8.40. The Kier molecular flexibility index (Phi) is 5.71. The Balaban J connectivity index is 1.55. The van der Waals surface area contributed by atoms with E-state index in [1.54, 1.807) is 0 Å². The van der Waals surface area contributed by atoms with E-state index in [1.165, 1.54) is 0 Å². The SMILES string of the molecule is CC[C@@]1(c2ccccc2)NC(=O)N(CC(=O)c2cc(C)n(C[C@@H]3CCCO3)c2C)C1=O. The second-order valence-corrected chi connectivity index (χ2v) is 8.40. The third kappa shape index (κ3) is 3.67. The lowest BCUT2D eigenvalue weighted by Gasteiger charge is -2.25. The van der Waals surface area contributed by atoms with Crippen molar-refractivity contribution in [3.8, 4) is 0 Å². The zero-order valence-corrected chi connectivity index (χ0v) is 18.3. The van der Waals surface area contributed by atoms with Crippen LogP contribution in [-0.2, 0) is 21.6 Å². The van der Waals surface area contributed by atoms with Crippen molar-refractivity contribution in [2.24, 2.45) is 0 Å². The fourth-order valence-electron chi connectivity index (χ4n) is 4.72. The van der Waals surface area contributed by atoms with Crippen LogP contribution in [-0.4, -0.2) is 46.4 Å². The summed E-state index contributed by atoms with van der Waals surface area (Å²) in [4.78, 5) is 40.2. The normalized spacial score (nSPS) is 23.5. The summed E-state index contributed by atoms with van der Waals surface area (Å²) in [5.41, 5.74) is 1.95. The van der Waals surface area contributed by atoms with Crippen LogP contribution in [0.15, 0.2) is 36.4 Å². The Hall–Kier alpha value is -2.93. The van der Waals surface area contributed by atoms with Gasteiger partial charge in [-0.05, 0) is 44.7 Å². The molecule has 3 amide bonds. The Labute approximate surface area is 182 Å². The summed E-state index contributed by atoms with van der Waals surface area (Å²) in [5.74, 6) is -0.622. The lowest BCUT2D eigenvalue weighted by molar-refractivity contribution is -0.131. The van der Waals surface area contributed by atoms with Crippen molar-refractivity contribution in [1.82, 2.24) is 14.8 Å². The van der Waals surface area contributed by atoms with E-state index in [-0.39, 0.29) is 24.3 Å². The number of imide groups is 1. The Morgan fingerprint density at radius 1 is 1.23 bits per heavy atom. The molecular weight excluding hydrogens is 394 g/mol. The van der Waals surface area contributed by atoms with Crippen LogP contribution < -0.4 is 5.32 Å². The maximum Gasteiger partial charge on any atom is 0.325 e. The summed E-state index contributed by atoms with van der Waals surface area (Å²) in [6.07, 6.45) is 2.64. The average molecular weight is 424 g/mol. The number of carbonyl (C=O) groups is 3. The zero-order chi connectivity index (χ0) is 22.2. The third-order valence-electron chi connectivity index (χ3n) is 6.56. The predicted octanol–water partition coefficient (Wildman–Crippen LogP) is 3.32. The molecule has 2 aromatic rings. The van der Waals surface area contributed by atoms with Crippen LogP contribution in [0.2, 0.25) is 0 Å². The smallest absolute Gasteiger partial charge is 0.325 e. The highest BCUT2D eigenvalue weighted by Gasteiger charge is 2.51. The molecule has 1 aromatic carbocycles. The maximum absolute atomic E-state index is 13.3. The van der Waals surface area contributed by atoms with Gasteiger partial charge in [-0.2, -0.15) is 0 Å². The summed E-state index contributed by atoms with van der Waals surface area (Å²) in [6.45, 7) is 6.94. The third-order valence-corrected chi connectivity index (χ3v) is 6.56. The van der Waals surface area contributed by atoms with Crippen molar-refractivity contribution in [2.75, 3.05) is 13.2 Å². The first-order chi connectivity index (χ1) is 14.9. The van der Waals surface area contributed by atoms with Crippen molar-refractivity contribution in [2.45, 2.75) is 58.2 Å². The molecular formula is C24H29N3O4. The minimum atomic E-state index is -1.13.